The van der Waals surface area contributed by atoms with Crippen LogP contribution in [0.1, 0.15) is 34.1 Å². The van der Waals surface area contributed by atoms with E-state index in [2.05, 4.69) is 10.6 Å². The molecule has 1 aromatic rings. The van der Waals surface area contributed by atoms with Crippen LogP contribution in [0.25, 0.3) is 0 Å². The Bertz CT molecular complexity index is 599. The van der Waals surface area contributed by atoms with E-state index in [1.165, 1.54) is 6.07 Å². The number of aliphatic hydroxyl groups is 1. The van der Waals surface area contributed by atoms with Crippen molar-refractivity contribution in [3.8, 4) is 0 Å². The molecule has 0 aromatic heterocycles. The highest BCUT2D eigenvalue weighted by atomic mass is 19.1. The van der Waals surface area contributed by atoms with Crippen LogP contribution in [0.15, 0.2) is 18.2 Å². The number of ether oxygens (including phenoxy) is 1. The highest BCUT2D eigenvalue weighted by molar-refractivity contribution is 5.89. The topological polar surface area (TPSA) is 73.8 Å². The van der Waals surface area contributed by atoms with Gasteiger partial charge in [0.25, 0.3) is 0 Å². The lowest BCUT2D eigenvalue weighted by Gasteiger charge is -2.37. The van der Waals surface area contributed by atoms with Gasteiger partial charge >= 0.3 is 6.03 Å². The molecule has 1 fully saturated rings. The van der Waals surface area contributed by atoms with Gasteiger partial charge in [0.05, 0.1) is 23.5 Å². The summed E-state index contributed by atoms with van der Waals surface area (Å²) in [6.45, 7) is 8.78. The summed E-state index contributed by atoms with van der Waals surface area (Å²) in [5.41, 5.74) is -0.0954. The van der Waals surface area contributed by atoms with Crippen molar-refractivity contribution in [1.29, 1.82) is 0 Å². The van der Waals surface area contributed by atoms with E-state index < -0.39 is 11.6 Å². The Morgan fingerprint density at radius 3 is 2.60 bits per heavy atom. The maximum atomic E-state index is 14.5. The lowest BCUT2D eigenvalue weighted by molar-refractivity contribution is -0.00539. The van der Waals surface area contributed by atoms with Gasteiger partial charge in [-0.1, -0.05) is 6.92 Å². The normalized spacial score (nSPS) is 23.0. The summed E-state index contributed by atoms with van der Waals surface area (Å²) in [6.07, 6.45) is 0.601. The molecule has 3 atom stereocenters. The molecule has 140 valence electrons. The maximum Gasteiger partial charge on any atom is 0.319 e. The molecule has 2 rings (SSSR count). The number of hydrogen-bond donors (Lipinski definition) is 3. The number of benzene rings is 1. The van der Waals surface area contributed by atoms with Gasteiger partial charge in [-0.15, -0.1) is 0 Å². The van der Waals surface area contributed by atoms with Crippen molar-refractivity contribution in [1.82, 2.24) is 5.32 Å². The monoisotopic (exact) mass is 353 g/mol. The maximum absolute atomic E-state index is 14.5. The molecule has 6 nitrogen and oxygen atoms in total. The van der Waals surface area contributed by atoms with Crippen molar-refractivity contribution in [3.05, 3.63) is 24.0 Å². The Morgan fingerprint density at radius 1 is 1.40 bits per heavy atom. The summed E-state index contributed by atoms with van der Waals surface area (Å²) in [4.78, 5) is 13.8. The van der Waals surface area contributed by atoms with E-state index in [9.17, 15) is 14.3 Å². The van der Waals surface area contributed by atoms with Crippen LogP contribution < -0.4 is 15.5 Å². The third kappa shape index (κ3) is 5.57. The van der Waals surface area contributed by atoms with Crippen LogP contribution in [0.2, 0.25) is 0 Å². The summed E-state index contributed by atoms with van der Waals surface area (Å²) in [5, 5.41) is 15.1. The number of urea groups is 1. The van der Waals surface area contributed by atoms with Crippen molar-refractivity contribution in [2.75, 3.05) is 29.9 Å². The minimum absolute atomic E-state index is 0.0399. The molecule has 1 aliphatic heterocycles. The van der Waals surface area contributed by atoms with Gasteiger partial charge in [-0.25, -0.2) is 9.18 Å². The number of nitrogens with zero attached hydrogens (tertiary/aromatic N) is 1. The third-order valence-corrected chi connectivity index (χ3v) is 4.36. The number of rotatable bonds is 5. The minimum Gasteiger partial charge on any atom is -0.388 e. The number of nitrogens with one attached hydrogen (secondary N) is 2. The highest BCUT2D eigenvalue weighted by Crippen LogP contribution is 2.26. The van der Waals surface area contributed by atoms with Crippen LogP contribution >= 0.6 is 0 Å². The van der Waals surface area contributed by atoms with E-state index in [1.54, 1.807) is 19.1 Å². The summed E-state index contributed by atoms with van der Waals surface area (Å²) in [7, 11) is 0. The molecule has 0 spiro atoms. The van der Waals surface area contributed by atoms with Crippen molar-refractivity contribution < 1.29 is 19.0 Å². The first kappa shape index (κ1) is 19.5. The van der Waals surface area contributed by atoms with Crippen LogP contribution in [-0.4, -0.2) is 48.6 Å². The molecule has 0 aliphatic carbocycles. The zero-order valence-corrected chi connectivity index (χ0v) is 15.3. The molecule has 1 aromatic carbocycles. The van der Waals surface area contributed by atoms with E-state index in [1.807, 2.05) is 25.7 Å². The summed E-state index contributed by atoms with van der Waals surface area (Å²) < 4.78 is 20.1. The van der Waals surface area contributed by atoms with Gasteiger partial charge < -0.3 is 25.4 Å². The molecule has 1 heterocycles. The van der Waals surface area contributed by atoms with Crippen LogP contribution in [0.3, 0.4) is 0 Å². The fraction of sp³-hybridized carbons (Fsp3) is 0.611. The molecule has 0 unspecified atom stereocenters. The van der Waals surface area contributed by atoms with Gasteiger partial charge in [-0.05, 0) is 45.4 Å². The van der Waals surface area contributed by atoms with E-state index in [4.69, 9.17) is 4.74 Å². The standard InChI is InChI=1S/C18H28FN3O3/c1-5-18(4,24)11-20-17(23)21-14-6-7-16(15(19)8-14)22-9-12(2)25-13(3)10-22/h6-8,12-13,24H,5,9-11H2,1-4H3,(H2,20,21,23)/t12-,13+,18-/m0/s1. The molecular weight excluding hydrogens is 325 g/mol. The van der Waals surface area contributed by atoms with Crippen molar-refractivity contribution in [2.45, 2.75) is 51.9 Å². The quantitative estimate of drug-likeness (QED) is 0.761. The lowest BCUT2D eigenvalue weighted by Crippen LogP contribution is -2.45. The Morgan fingerprint density at radius 2 is 2.04 bits per heavy atom. The van der Waals surface area contributed by atoms with Crippen LogP contribution in [0.4, 0.5) is 20.6 Å². The molecule has 0 radical (unpaired) electrons. The SMILES string of the molecule is CC[C@](C)(O)CNC(=O)Nc1ccc(N2C[C@@H](C)O[C@@H](C)C2)c(F)c1. The molecule has 25 heavy (non-hydrogen) atoms. The fourth-order valence-corrected chi connectivity index (χ4v) is 2.79. The number of amides is 2. The molecule has 0 saturated carbocycles. The summed E-state index contributed by atoms with van der Waals surface area (Å²) in [6, 6.07) is 4.16. The number of carbonyl (C=O) groups is 1. The van der Waals surface area contributed by atoms with Gasteiger partial charge in [0.15, 0.2) is 0 Å². The molecule has 2 amide bonds. The molecule has 1 saturated heterocycles. The second-order valence-corrected chi connectivity index (χ2v) is 6.99. The molecule has 1 aliphatic rings. The van der Waals surface area contributed by atoms with E-state index in [0.717, 1.165) is 0 Å². The van der Waals surface area contributed by atoms with Crippen LogP contribution in [0.5, 0.6) is 0 Å². The van der Waals surface area contributed by atoms with Gasteiger partial charge in [0.1, 0.15) is 5.82 Å². The van der Waals surface area contributed by atoms with E-state index in [-0.39, 0.29) is 24.6 Å². The summed E-state index contributed by atoms with van der Waals surface area (Å²) >= 11 is 0. The Hall–Kier alpha value is -1.86. The molecular formula is C18H28FN3O3. The van der Waals surface area contributed by atoms with Gasteiger partial charge in [-0.3, -0.25) is 0 Å². The average molecular weight is 353 g/mol. The number of anilines is 2. The molecule has 0 bridgehead atoms. The summed E-state index contributed by atoms with van der Waals surface area (Å²) in [5.74, 6) is -0.389. The average Bonchev–Trinajstić information content (AvgIpc) is 2.52. The Kier molecular flexibility index (Phi) is 6.24. The second kappa shape index (κ2) is 8.01. The Labute approximate surface area is 148 Å². The molecule has 3 N–H and O–H groups in total. The number of morpholine rings is 1. The predicted octanol–water partition coefficient (Wildman–Crippen LogP) is 2.72. The van der Waals surface area contributed by atoms with Gasteiger partial charge in [-0.2, -0.15) is 0 Å². The predicted molar refractivity (Wildman–Crippen MR) is 96.6 cm³/mol. The van der Waals surface area contributed by atoms with Crippen molar-refractivity contribution in [2.24, 2.45) is 0 Å². The fourth-order valence-electron chi connectivity index (χ4n) is 2.79. The van der Waals surface area contributed by atoms with Crippen LogP contribution in [-0.2, 0) is 4.74 Å². The first-order valence-electron chi connectivity index (χ1n) is 8.67. The highest BCUT2D eigenvalue weighted by Gasteiger charge is 2.24. The first-order chi connectivity index (χ1) is 11.7. The van der Waals surface area contributed by atoms with Crippen LogP contribution in [0, 0.1) is 5.82 Å². The third-order valence-electron chi connectivity index (χ3n) is 4.36. The van der Waals surface area contributed by atoms with Gasteiger partial charge in [0, 0.05) is 25.3 Å². The van der Waals surface area contributed by atoms with Gasteiger partial charge in [0.2, 0.25) is 0 Å². The van der Waals surface area contributed by atoms with E-state index in [0.29, 0.717) is 30.9 Å². The first-order valence-corrected chi connectivity index (χ1v) is 8.67. The van der Waals surface area contributed by atoms with Crippen molar-refractivity contribution >= 4 is 17.4 Å². The van der Waals surface area contributed by atoms with Crippen molar-refractivity contribution in [3.63, 3.8) is 0 Å². The lowest BCUT2D eigenvalue weighted by atomic mass is 10.0. The molecule has 7 heteroatoms. The van der Waals surface area contributed by atoms with E-state index >= 15 is 0 Å². The minimum atomic E-state index is -0.962. The number of hydrogen-bond acceptors (Lipinski definition) is 4. The number of halogens is 1. The largest absolute Gasteiger partial charge is 0.388 e. The Balaban J connectivity index is 1.98. The smallest absolute Gasteiger partial charge is 0.319 e. The second-order valence-electron chi connectivity index (χ2n) is 6.99. The number of carbonyl (C=O) groups excluding carboxylic acids is 1. The zero-order chi connectivity index (χ0) is 18.6. The zero-order valence-electron chi connectivity index (χ0n) is 15.3.